The third-order valence-corrected chi connectivity index (χ3v) is 6.88. The Morgan fingerprint density at radius 3 is 2.29 bits per heavy atom. The highest BCUT2D eigenvalue weighted by Gasteiger charge is 2.30. The van der Waals surface area contributed by atoms with Gasteiger partial charge in [-0.2, -0.15) is 0 Å². The highest BCUT2D eigenvalue weighted by molar-refractivity contribution is 7.99. The largest absolute Gasteiger partial charge is 0.354 e. The van der Waals surface area contributed by atoms with Gasteiger partial charge in [0.1, 0.15) is 6.04 Å². The Morgan fingerprint density at radius 1 is 0.914 bits per heavy atom. The van der Waals surface area contributed by atoms with E-state index < -0.39 is 6.04 Å². The molecule has 35 heavy (non-hydrogen) atoms. The van der Waals surface area contributed by atoms with Crippen molar-refractivity contribution in [1.82, 2.24) is 10.2 Å². The van der Waals surface area contributed by atoms with Crippen LogP contribution in [0.3, 0.4) is 0 Å². The molecule has 1 atom stereocenters. The van der Waals surface area contributed by atoms with Crippen molar-refractivity contribution in [3.05, 3.63) is 102 Å². The zero-order chi connectivity index (χ0) is 24.9. The number of unbranched alkanes of at least 4 members (excludes halogenated alkanes) is 1. The number of carbonyl (C=O) groups is 2. The maximum atomic E-state index is 13.6. The molecule has 0 aromatic heterocycles. The molecular formula is C30H36N2O2S. The fraction of sp³-hybridized carbons (Fsp3) is 0.333. The number of benzene rings is 3. The average molecular weight is 489 g/mol. The van der Waals surface area contributed by atoms with E-state index in [0.717, 1.165) is 34.4 Å². The molecule has 184 valence electrons. The molecule has 0 fully saturated rings. The summed E-state index contributed by atoms with van der Waals surface area (Å²) in [5.41, 5.74) is 3.22. The predicted octanol–water partition coefficient (Wildman–Crippen LogP) is 6.03. The summed E-state index contributed by atoms with van der Waals surface area (Å²) in [7, 11) is 0. The minimum absolute atomic E-state index is 0.00140. The first kappa shape index (κ1) is 26.6. The van der Waals surface area contributed by atoms with Crippen LogP contribution in [0.5, 0.6) is 0 Å². The van der Waals surface area contributed by atoms with Gasteiger partial charge in [-0.3, -0.25) is 9.59 Å². The van der Waals surface area contributed by atoms with Gasteiger partial charge in [0.05, 0.1) is 0 Å². The Morgan fingerprint density at radius 2 is 1.60 bits per heavy atom. The maximum Gasteiger partial charge on any atom is 0.243 e. The van der Waals surface area contributed by atoms with Gasteiger partial charge in [0.2, 0.25) is 11.8 Å². The zero-order valence-corrected chi connectivity index (χ0v) is 21.6. The summed E-state index contributed by atoms with van der Waals surface area (Å²) in [6.07, 6.45) is 2.79. The molecule has 0 saturated heterocycles. The number of carbonyl (C=O) groups excluding carboxylic acids is 2. The van der Waals surface area contributed by atoms with Gasteiger partial charge >= 0.3 is 0 Å². The zero-order valence-electron chi connectivity index (χ0n) is 20.8. The van der Waals surface area contributed by atoms with Crippen molar-refractivity contribution >= 4 is 23.6 Å². The number of hydrogen-bond acceptors (Lipinski definition) is 3. The Kier molecular flexibility index (Phi) is 10.9. The Hall–Kier alpha value is -3.05. The van der Waals surface area contributed by atoms with E-state index in [2.05, 4.69) is 30.4 Å². The van der Waals surface area contributed by atoms with Crippen LogP contribution in [0.25, 0.3) is 0 Å². The number of thioether (sulfide) groups is 1. The van der Waals surface area contributed by atoms with Crippen LogP contribution in [0.4, 0.5) is 0 Å². The van der Waals surface area contributed by atoms with Crippen LogP contribution in [0.2, 0.25) is 0 Å². The van der Waals surface area contributed by atoms with E-state index in [-0.39, 0.29) is 11.8 Å². The van der Waals surface area contributed by atoms with Crippen LogP contribution in [0.1, 0.15) is 42.9 Å². The van der Waals surface area contributed by atoms with Crippen LogP contribution in [-0.2, 0) is 22.6 Å². The topological polar surface area (TPSA) is 49.4 Å². The normalized spacial score (nSPS) is 11.6. The second kappa shape index (κ2) is 14.4. The molecule has 0 aliphatic carbocycles. The van der Waals surface area contributed by atoms with Gasteiger partial charge in [0.15, 0.2) is 0 Å². The molecule has 3 aromatic carbocycles. The van der Waals surface area contributed by atoms with Gasteiger partial charge < -0.3 is 10.2 Å². The fourth-order valence-corrected chi connectivity index (χ4v) is 4.85. The van der Waals surface area contributed by atoms with Gasteiger partial charge in [-0.25, -0.2) is 0 Å². The summed E-state index contributed by atoms with van der Waals surface area (Å²) >= 11 is 1.67. The maximum absolute atomic E-state index is 13.6. The standard InChI is InChI=1S/C30H36N2O2S/c1-3-4-19-31-30(34)28(22-25-13-7-5-8-14-25)32(23-26-15-11-12-24(2)21-26)29(33)18-20-35-27-16-9-6-10-17-27/h5-17,21,28H,3-4,18-20,22-23H2,1-2H3,(H,31,34)/t28-/m0/s1. The number of nitrogens with zero attached hydrogens (tertiary/aromatic N) is 1. The number of nitrogens with one attached hydrogen (secondary N) is 1. The summed E-state index contributed by atoms with van der Waals surface area (Å²) in [5, 5.41) is 3.08. The van der Waals surface area contributed by atoms with E-state index >= 15 is 0 Å². The van der Waals surface area contributed by atoms with Gasteiger partial charge in [-0.15, -0.1) is 11.8 Å². The molecule has 5 heteroatoms. The van der Waals surface area contributed by atoms with E-state index in [1.807, 2.05) is 73.7 Å². The first-order valence-corrected chi connectivity index (χ1v) is 13.4. The first-order chi connectivity index (χ1) is 17.1. The predicted molar refractivity (Wildman–Crippen MR) is 145 cm³/mol. The highest BCUT2D eigenvalue weighted by atomic mass is 32.2. The van der Waals surface area contributed by atoms with Crippen LogP contribution in [-0.4, -0.2) is 35.1 Å². The van der Waals surface area contributed by atoms with Crippen LogP contribution in [0, 0.1) is 6.92 Å². The Balaban J connectivity index is 1.83. The second-order valence-corrected chi connectivity index (χ2v) is 9.94. The van der Waals surface area contributed by atoms with E-state index in [1.165, 1.54) is 0 Å². The summed E-state index contributed by atoms with van der Waals surface area (Å²) in [5.74, 6) is 0.586. The lowest BCUT2D eigenvalue weighted by Crippen LogP contribution is -2.50. The summed E-state index contributed by atoms with van der Waals surface area (Å²) in [6.45, 7) is 5.18. The van der Waals surface area contributed by atoms with Crippen molar-refractivity contribution in [2.24, 2.45) is 0 Å². The number of hydrogen-bond donors (Lipinski definition) is 1. The van der Waals surface area contributed by atoms with Gasteiger partial charge in [-0.05, 0) is 36.6 Å². The minimum atomic E-state index is -0.566. The van der Waals surface area contributed by atoms with E-state index in [4.69, 9.17) is 0 Å². The molecule has 0 aliphatic heterocycles. The third kappa shape index (κ3) is 8.91. The fourth-order valence-electron chi connectivity index (χ4n) is 3.98. The van der Waals surface area contributed by atoms with Crippen LogP contribution >= 0.6 is 11.8 Å². The van der Waals surface area contributed by atoms with Gasteiger partial charge in [0.25, 0.3) is 0 Å². The molecule has 1 N–H and O–H groups in total. The lowest BCUT2D eigenvalue weighted by atomic mass is 10.0. The summed E-state index contributed by atoms with van der Waals surface area (Å²) in [4.78, 5) is 30.0. The lowest BCUT2D eigenvalue weighted by molar-refractivity contribution is -0.141. The molecular weight excluding hydrogens is 452 g/mol. The van der Waals surface area contributed by atoms with Crippen LogP contribution in [0.15, 0.2) is 89.8 Å². The molecule has 3 rings (SSSR count). The number of amides is 2. The first-order valence-electron chi connectivity index (χ1n) is 12.4. The minimum Gasteiger partial charge on any atom is -0.354 e. The van der Waals surface area contributed by atoms with E-state index in [9.17, 15) is 9.59 Å². The van der Waals surface area contributed by atoms with Crippen molar-refractivity contribution in [3.63, 3.8) is 0 Å². The van der Waals surface area contributed by atoms with E-state index in [0.29, 0.717) is 31.7 Å². The Labute approximate surface area is 214 Å². The van der Waals surface area contributed by atoms with Crippen molar-refractivity contribution in [2.45, 2.75) is 57.0 Å². The van der Waals surface area contributed by atoms with Crippen LogP contribution < -0.4 is 5.32 Å². The quantitative estimate of drug-likeness (QED) is 0.236. The van der Waals surface area contributed by atoms with Crippen molar-refractivity contribution in [2.75, 3.05) is 12.3 Å². The van der Waals surface area contributed by atoms with Gasteiger partial charge in [0, 0.05) is 36.6 Å². The number of rotatable bonds is 13. The molecule has 0 radical (unpaired) electrons. The third-order valence-electron chi connectivity index (χ3n) is 5.86. The summed E-state index contributed by atoms with van der Waals surface area (Å²) < 4.78 is 0. The second-order valence-electron chi connectivity index (χ2n) is 8.77. The lowest BCUT2D eigenvalue weighted by Gasteiger charge is -2.31. The van der Waals surface area contributed by atoms with Crippen molar-refractivity contribution in [1.29, 1.82) is 0 Å². The molecule has 0 aliphatic rings. The number of aryl methyl sites for hydroxylation is 1. The molecule has 3 aromatic rings. The molecule has 4 nitrogen and oxygen atoms in total. The van der Waals surface area contributed by atoms with Crippen molar-refractivity contribution in [3.8, 4) is 0 Å². The SMILES string of the molecule is CCCCNC(=O)[C@H](Cc1ccccc1)N(Cc1cccc(C)c1)C(=O)CCSc1ccccc1. The highest BCUT2D eigenvalue weighted by Crippen LogP contribution is 2.21. The average Bonchev–Trinajstić information content (AvgIpc) is 2.87. The molecule has 0 bridgehead atoms. The smallest absolute Gasteiger partial charge is 0.243 e. The van der Waals surface area contributed by atoms with Gasteiger partial charge in [-0.1, -0.05) is 91.7 Å². The van der Waals surface area contributed by atoms with Crippen molar-refractivity contribution < 1.29 is 9.59 Å². The monoisotopic (exact) mass is 488 g/mol. The molecule has 0 saturated carbocycles. The molecule has 2 amide bonds. The summed E-state index contributed by atoms with van der Waals surface area (Å²) in [6, 6.07) is 27.7. The molecule has 0 heterocycles. The van der Waals surface area contributed by atoms with E-state index in [1.54, 1.807) is 16.7 Å². The molecule has 0 spiro atoms. The Bertz CT molecular complexity index is 1060. The molecule has 0 unspecified atom stereocenters.